The summed E-state index contributed by atoms with van der Waals surface area (Å²) in [6, 6.07) is 11.4. The van der Waals surface area contributed by atoms with E-state index >= 15 is 0 Å². The second kappa shape index (κ2) is 6.83. The van der Waals surface area contributed by atoms with Crippen molar-refractivity contribution in [1.82, 2.24) is 0 Å². The summed E-state index contributed by atoms with van der Waals surface area (Å²) >= 11 is 0. The van der Waals surface area contributed by atoms with Crippen molar-refractivity contribution in [3.63, 3.8) is 0 Å². The zero-order valence-corrected chi connectivity index (χ0v) is 12.4. The fourth-order valence-electron chi connectivity index (χ4n) is 2.17. The highest BCUT2D eigenvalue weighted by Crippen LogP contribution is 2.31. The first-order valence-corrected chi connectivity index (χ1v) is 6.91. The molecule has 0 amide bonds. The van der Waals surface area contributed by atoms with Gasteiger partial charge in [-0.05, 0) is 35.2 Å². The smallest absolute Gasteiger partial charge is 0.416 e. The highest BCUT2D eigenvalue weighted by Gasteiger charge is 2.29. The van der Waals surface area contributed by atoms with E-state index in [4.69, 9.17) is 5.73 Å². The Labute approximate surface area is 131 Å². The Morgan fingerprint density at radius 3 is 1.96 bits per heavy atom. The molecule has 0 aromatic heterocycles. The first-order valence-electron chi connectivity index (χ1n) is 6.91. The van der Waals surface area contributed by atoms with Gasteiger partial charge in [-0.1, -0.05) is 36.4 Å². The number of alkyl halides is 3. The third-order valence-electron chi connectivity index (χ3n) is 3.46. The highest BCUT2D eigenvalue weighted by atomic mass is 19.4. The van der Waals surface area contributed by atoms with Gasteiger partial charge in [-0.3, -0.25) is 4.79 Å². The van der Waals surface area contributed by atoms with Gasteiger partial charge < -0.3 is 10.5 Å². The maximum Gasteiger partial charge on any atom is 0.416 e. The highest BCUT2D eigenvalue weighted by molar-refractivity contribution is 5.75. The molecule has 0 saturated carbocycles. The largest absolute Gasteiger partial charge is 0.468 e. The molecule has 2 rings (SSSR count). The molecular formula is C17H16F3NO2. The molecule has 0 unspecified atom stereocenters. The van der Waals surface area contributed by atoms with E-state index in [1.54, 1.807) is 24.3 Å². The van der Waals surface area contributed by atoms with Gasteiger partial charge in [-0.15, -0.1) is 0 Å². The molecule has 2 aromatic carbocycles. The Bertz CT molecular complexity index is 664. The number of ether oxygens (including phenoxy) is 1. The minimum absolute atomic E-state index is 0.333. The lowest BCUT2D eigenvalue weighted by Gasteiger charge is -2.10. The Morgan fingerprint density at radius 2 is 1.52 bits per heavy atom. The Hall–Kier alpha value is -2.34. The number of esters is 1. The summed E-state index contributed by atoms with van der Waals surface area (Å²) in [4.78, 5) is 11.3. The molecule has 0 heterocycles. The van der Waals surface area contributed by atoms with Crippen molar-refractivity contribution < 1.29 is 22.7 Å². The van der Waals surface area contributed by atoms with Crippen LogP contribution >= 0.6 is 0 Å². The van der Waals surface area contributed by atoms with Crippen molar-refractivity contribution in [3.8, 4) is 11.1 Å². The molecule has 0 aliphatic carbocycles. The molecule has 0 saturated heterocycles. The molecule has 1 atom stereocenters. The molecular weight excluding hydrogens is 307 g/mol. The van der Waals surface area contributed by atoms with Crippen molar-refractivity contribution in [2.24, 2.45) is 5.73 Å². The lowest BCUT2D eigenvalue weighted by atomic mass is 10.00. The minimum atomic E-state index is -4.34. The number of nitrogens with two attached hydrogens (primary N) is 1. The second-order valence-corrected chi connectivity index (χ2v) is 5.11. The molecule has 0 fully saturated rings. The van der Waals surface area contributed by atoms with Gasteiger partial charge >= 0.3 is 12.1 Å². The Balaban J connectivity index is 2.12. The molecule has 23 heavy (non-hydrogen) atoms. The van der Waals surface area contributed by atoms with E-state index in [2.05, 4.69) is 4.74 Å². The molecule has 0 spiro atoms. The average molecular weight is 323 g/mol. The molecule has 0 aliphatic rings. The number of hydrogen-bond acceptors (Lipinski definition) is 3. The van der Waals surface area contributed by atoms with Crippen LogP contribution in [-0.2, 0) is 22.1 Å². The van der Waals surface area contributed by atoms with Gasteiger partial charge in [0.1, 0.15) is 6.04 Å². The maximum atomic E-state index is 12.5. The van der Waals surface area contributed by atoms with E-state index in [0.717, 1.165) is 23.3 Å². The topological polar surface area (TPSA) is 52.3 Å². The van der Waals surface area contributed by atoms with Crippen LogP contribution in [0.3, 0.4) is 0 Å². The number of benzene rings is 2. The zero-order valence-electron chi connectivity index (χ0n) is 12.4. The molecule has 0 radical (unpaired) electrons. The van der Waals surface area contributed by atoms with E-state index in [1.807, 2.05) is 0 Å². The summed E-state index contributed by atoms with van der Waals surface area (Å²) < 4.78 is 42.2. The van der Waals surface area contributed by atoms with Crippen molar-refractivity contribution in [1.29, 1.82) is 0 Å². The van der Waals surface area contributed by atoms with Crippen molar-refractivity contribution >= 4 is 5.97 Å². The molecule has 2 aromatic rings. The van der Waals surface area contributed by atoms with E-state index in [0.29, 0.717) is 12.0 Å². The van der Waals surface area contributed by atoms with E-state index in [1.165, 1.54) is 19.2 Å². The van der Waals surface area contributed by atoms with Crippen LogP contribution in [0.2, 0.25) is 0 Å². The lowest BCUT2D eigenvalue weighted by Crippen LogP contribution is -2.33. The number of hydrogen-bond donors (Lipinski definition) is 1. The third-order valence-corrected chi connectivity index (χ3v) is 3.46. The predicted octanol–water partition coefficient (Wildman–Crippen LogP) is 3.42. The van der Waals surface area contributed by atoms with Gasteiger partial charge in [-0.2, -0.15) is 13.2 Å². The molecule has 6 heteroatoms. The van der Waals surface area contributed by atoms with Crippen LogP contribution in [0.25, 0.3) is 11.1 Å². The first-order chi connectivity index (χ1) is 10.8. The van der Waals surface area contributed by atoms with Crippen molar-refractivity contribution in [3.05, 3.63) is 59.7 Å². The van der Waals surface area contributed by atoms with Gasteiger partial charge in [-0.25, -0.2) is 0 Å². The van der Waals surface area contributed by atoms with Crippen molar-refractivity contribution in [2.45, 2.75) is 18.6 Å². The minimum Gasteiger partial charge on any atom is -0.468 e. The van der Waals surface area contributed by atoms with Crippen LogP contribution in [-0.4, -0.2) is 19.1 Å². The van der Waals surface area contributed by atoms with Gasteiger partial charge in [0.05, 0.1) is 12.7 Å². The predicted molar refractivity (Wildman–Crippen MR) is 80.6 cm³/mol. The third kappa shape index (κ3) is 4.32. The second-order valence-electron chi connectivity index (χ2n) is 5.11. The number of carbonyl (C=O) groups excluding carboxylic acids is 1. The van der Waals surface area contributed by atoms with Crippen LogP contribution in [0.4, 0.5) is 13.2 Å². The molecule has 2 N–H and O–H groups in total. The van der Waals surface area contributed by atoms with Crippen LogP contribution in [0, 0.1) is 0 Å². The first kappa shape index (κ1) is 17.0. The Morgan fingerprint density at radius 1 is 1.04 bits per heavy atom. The maximum absolute atomic E-state index is 12.5. The van der Waals surface area contributed by atoms with Crippen LogP contribution < -0.4 is 5.73 Å². The Kier molecular flexibility index (Phi) is 5.05. The average Bonchev–Trinajstić information content (AvgIpc) is 2.54. The fraction of sp³-hybridized carbons (Fsp3) is 0.235. The van der Waals surface area contributed by atoms with Gasteiger partial charge in [0.15, 0.2) is 0 Å². The van der Waals surface area contributed by atoms with E-state index < -0.39 is 23.8 Å². The van der Waals surface area contributed by atoms with Crippen molar-refractivity contribution in [2.75, 3.05) is 7.11 Å². The van der Waals surface area contributed by atoms with Gasteiger partial charge in [0.25, 0.3) is 0 Å². The quantitative estimate of drug-likeness (QED) is 0.877. The number of methoxy groups -OCH3 is 1. The summed E-state index contributed by atoms with van der Waals surface area (Å²) in [7, 11) is 1.27. The van der Waals surface area contributed by atoms with Gasteiger partial charge in [0.2, 0.25) is 0 Å². The van der Waals surface area contributed by atoms with E-state index in [9.17, 15) is 18.0 Å². The normalized spacial score (nSPS) is 12.7. The molecule has 122 valence electrons. The summed E-state index contributed by atoms with van der Waals surface area (Å²) in [5.41, 5.74) is 7.32. The summed E-state index contributed by atoms with van der Waals surface area (Å²) in [5.74, 6) is -0.489. The SMILES string of the molecule is COC(=O)[C@@H](N)Cc1ccc(-c2ccc(C(F)(F)F)cc2)cc1. The van der Waals surface area contributed by atoms with Crippen LogP contribution in [0.15, 0.2) is 48.5 Å². The summed E-state index contributed by atoms with van der Waals surface area (Å²) in [6.45, 7) is 0. The number of rotatable bonds is 4. The zero-order chi connectivity index (χ0) is 17.0. The summed E-state index contributed by atoms with van der Waals surface area (Å²) in [6.07, 6.45) is -4.01. The molecule has 3 nitrogen and oxygen atoms in total. The lowest BCUT2D eigenvalue weighted by molar-refractivity contribution is -0.142. The molecule has 0 bridgehead atoms. The molecule has 0 aliphatic heterocycles. The monoisotopic (exact) mass is 323 g/mol. The van der Waals surface area contributed by atoms with Gasteiger partial charge in [0, 0.05) is 0 Å². The van der Waals surface area contributed by atoms with Crippen LogP contribution in [0.5, 0.6) is 0 Å². The standard InChI is InChI=1S/C17H16F3NO2/c1-23-16(22)15(21)10-11-2-4-12(5-3-11)13-6-8-14(9-7-13)17(18,19)20/h2-9,15H,10,21H2,1H3/t15-/m0/s1. The van der Waals surface area contributed by atoms with E-state index in [-0.39, 0.29) is 0 Å². The fourth-order valence-corrected chi connectivity index (χ4v) is 2.17. The number of carbonyl (C=O) groups is 1. The summed E-state index contributed by atoms with van der Waals surface area (Å²) in [5, 5.41) is 0. The van der Waals surface area contributed by atoms with Crippen LogP contribution in [0.1, 0.15) is 11.1 Å². The number of halogens is 3.